The molecule has 1 unspecified atom stereocenters. The molecular weight excluding hydrogens is 270 g/mol. The van der Waals surface area contributed by atoms with Gasteiger partial charge in [-0.05, 0) is 17.7 Å². The normalized spacial score (nSPS) is 13.8. The minimum atomic E-state index is -4.66. The summed E-state index contributed by atoms with van der Waals surface area (Å²) in [6, 6.07) is 5.85. The Balaban J connectivity index is 2.90. The Morgan fingerprint density at radius 2 is 1.82 bits per heavy atom. The highest BCUT2D eigenvalue weighted by Crippen LogP contribution is 2.19. The molecule has 0 amide bonds. The Labute approximate surface area is 100 Å². The van der Waals surface area contributed by atoms with Crippen molar-refractivity contribution in [3.63, 3.8) is 0 Å². The van der Waals surface area contributed by atoms with Gasteiger partial charge in [0, 0.05) is 5.69 Å². The van der Waals surface area contributed by atoms with Gasteiger partial charge in [-0.1, -0.05) is 12.1 Å². The fourth-order valence-corrected chi connectivity index (χ4v) is 2.17. The minimum absolute atomic E-state index is 0.332. The molecule has 0 aromatic heterocycles. The number of rotatable bonds is 5. The van der Waals surface area contributed by atoms with E-state index in [0.717, 1.165) is 0 Å². The van der Waals surface area contributed by atoms with Gasteiger partial charge >= 0.3 is 10.4 Å². The first-order valence-corrected chi connectivity index (χ1v) is 7.01. The summed E-state index contributed by atoms with van der Waals surface area (Å²) in [5.74, 6) is 0. The summed E-state index contributed by atoms with van der Waals surface area (Å²) in [7, 11) is -7.61. The van der Waals surface area contributed by atoms with Gasteiger partial charge in [0.05, 0.1) is 6.61 Å². The lowest BCUT2D eigenvalue weighted by molar-refractivity contribution is 0.268. The van der Waals surface area contributed by atoms with Gasteiger partial charge in [0.25, 0.3) is 0 Å². The number of hydrogen-bond donors (Lipinski definition) is 3. The van der Waals surface area contributed by atoms with Crippen LogP contribution in [0.4, 0.5) is 5.69 Å². The smallest absolute Gasteiger partial charge is 0.397 e. The van der Waals surface area contributed by atoms with Gasteiger partial charge in [-0.2, -0.15) is 8.42 Å². The van der Waals surface area contributed by atoms with Gasteiger partial charge in [0.1, 0.15) is 16.0 Å². The standard InChI is InChI=1S/C8H11NO6S2/c9-7-3-1-6(2-4-7)8(16(10)11)5-15-17(12,13)14/h1-4,8,16H,5,9H2,(H,12,13,14). The summed E-state index contributed by atoms with van der Waals surface area (Å²) < 4.78 is 55.0. The second kappa shape index (κ2) is 5.45. The molecule has 0 saturated heterocycles. The summed E-state index contributed by atoms with van der Waals surface area (Å²) in [5.41, 5.74) is 6.21. The van der Waals surface area contributed by atoms with Crippen LogP contribution in [0.1, 0.15) is 10.8 Å². The second-order valence-corrected chi connectivity index (χ2v) is 5.47. The lowest BCUT2D eigenvalue weighted by atomic mass is 10.1. The molecule has 3 N–H and O–H groups in total. The van der Waals surface area contributed by atoms with Crippen LogP contribution in [-0.2, 0) is 25.3 Å². The van der Waals surface area contributed by atoms with Crippen molar-refractivity contribution in [2.24, 2.45) is 0 Å². The van der Waals surface area contributed by atoms with E-state index < -0.39 is 33.0 Å². The van der Waals surface area contributed by atoms with E-state index in [0.29, 0.717) is 11.3 Å². The molecule has 9 heteroatoms. The first-order valence-electron chi connectivity index (χ1n) is 4.40. The van der Waals surface area contributed by atoms with Gasteiger partial charge in [-0.3, -0.25) is 4.55 Å². The lowest BCUT2D eigenvalue weighted by Crippen LogP contribution is -2.13. The molecule has 0 fully saturated rings. The van der Waals surface area contributed by atoms with Crippen LogP contribution in [0.15, 0.2) is 24.3 Å². The van der Waals surface area contributed by atoms with Gasteiger partial charge in [-0.25, -0.2) is 12.6 Å². The van der Waals surface area contributed by atoms with E-state index in [4.69, 9.17) is 10.3 Å². The third-order valence-corrected chi connectivity index (χ3v) is 3.34. The van der Waals surface area contributed by atoms with Crippen molar-refractivity contribution in [2.45, 2.75) is 5.25 Å². The van der Waals surface area contributed by atoms with Crippen LogP contribution in [0.25, 0.3) is 0 Å². The summed E-state index contributed by atoms with van der Waals surface area (Å²) in [4.78, 5) is 0. The maximum Gasteiger partial charge on any atom is 0.397 e. The van der Waals surface area contributed by atoms with Crippen molar-refractivity contribution in [1.29, 1.82) is 0 Å². The number of nitrogens with two attached hydrogens (primary N) is 1. The number of benzene rings is 1. The molecule has 0 radical (unpaired) electrons. The Kier molecular flexibility index (Phi) is 4.46. The van der Waals surface area contributed by atoms with Gasteiger partial charge in [-0.15, -0.1) is 0 Å². The van der Waals surface area contributed by atoms with Gasteiger partial charge < -0.3 is 5.73 Å². The molecule has 0 bridgehead atoms. The lowest BCUT2D eigenvalue weighted by Gasteiger charge is -2.09. The van der Waals surface area contributed by atoms with E-state index in [1.807, 2.05) is 0 Å². The predicted octanol–water partition coefficient (Wildman–Crippen LogP) is -0.259. The molecule has 0 aliphatic rings. The number of anilines is 1. The average Bonchev–Trinajstić information content (AvgIpc) is 2.18. The zero-order valence-corrected chi connectivity index (χ0v) is 10.2. The molecule has 0 saturated carbocycles. The largest absolute Gasteiger partial charge is 0.399 e. The summed E-state index contributed by atoms with van der Waals surface area (Å²) in [6.07, 6.45) is 0. The molecule has 0 aliphatic heterocycles. The molecule has 96 valence electrons. The average molecular weight is 281 g/mol. The van der Waals surface area contributed by atoms with Crippen molar-refractivity contribution < 1.29 is 25.6 Å². The van der Waals surface area contributed by atoms with E-state index in [1.165, 1.54) is 24.3 Å². The molecule has 1 atom stereocenters. The van der Waals surface area contributed by atoms with Crippen molar-refractivity contribution in [3.8, 4) is 0 Å². The minimum Gasteiger partial charge on any atom is -0.399 e. The third kappa shape index (κ3) is 4.69. The highest BCUT2D eigenvalue weighted by atomic mass is 32.3. The Hall–Kier alpha value is -1.16. The van der Waals surface area contributed by atoms with Crippen LogP contribution in [0.2, 0.25) is 0 Å². The molecule has 1 aromatic rings. The fourth-order valence-electron chi connectivity index (χ4n) is 1.15. The van der Waals surface area contributed by atoms with Crippen molar-refractivity contribution >= 4 is 26.8 Å². The topological polar surface area (TPSA) is 124 Å². The van der Waals surface area contributed by atoms with Crippen LogP contribution < -0.4 is 5.73 Å². The number of nitrogen functional groups attached to an aromatic ring is 1. The first kappa shape index (κ1) is 13.9. The first-order chi connectivity index (χ1) is 7.79. The van der Waals surface area contributed by atoms with Gasteiger partial charge in [0.2, 0.25) is 0 Å². The maximum atomic E-state index is 11.0. The quantitative estimate of drug-likeness (QED) is 0.386. The molecule has 1 rings (SSSR count). The fraction of sp³-hybridized carbons (Fsp3) is 0.250. The molecule has 17 heavy (non-hydrogen) atoms. The van der Waals surface area contributed by atoms with Crippen LogP contribution in [0.3, 0.4) is 0 Å². The summed E-state index contributed by atoms with van der Waals surface area (Å²) in [6.45, 7) is -0.679. The molecule has 0 aliphatic carbocycles. The monoisotopic (exact) mass is 281 g/mol. The number of hydrogen-bond acceptors (Lipinski definition) is 6. The van der Waals surface area contributed by atoms with Crippen LogP contribution >= 0.6 is 0 Å². The van der Waals surface area contributed by atoms with Crippen LogP contribution in [-0.4, -0.2) is 28.0 Å². The van der Waals surface area contributed by atoms with Crippen LogP contribution in [0.5, 0.6) is 0 Å². The Bertz CT molecular complexity index is 540. The van der Waals surface area contributed by atoms with Crippen molar-refractivity contribution in [2.75, 3.05) is 12.3 Å². The van der Waals surface area contributed by atoms with Crippen molar-refractivity contribution in [1.82, 2.24) is 0 Å². The summed E-state index contributed by atoms with van der Waals surface area (Å²) in [5, 5.41) is -1.16. The highest BCUT2D eigenvalue weighted by molar-refractivity contribution is 7.81. The second-order valence-electron chi connectivity index (χ2n) is 3.18. The van der Waals surface area contributed by atoms with Gasteiger partial charge in [0.15, 0.2) is 0 Å². The SMILES string of the molecule is Nc1ccc(C(COS(=O)(=O)O)[SH](=O)=O)cc1. The number of thiol groups is 1. The summed E-state index contributed by atoms with van der Waals surface area (Å²) >= 11 is 0. The molecule has 1 aromatic carbocycles. The van der Waals surface area contributed by atoms with E-state index in [-0.39, 0.29) is 0 Å². The zero-order valence-electron chi connectivity index (χ0n) is 8.52. The predicted molar refractivity (Wildman–Crippen MR) is 61.4 cm³/mol. The molecular formula is C8H11NO6S2. The molecule has 0 heterocycles. The van der Waals surface area contributed by atoms with E-state index in [9.17, 15) is 16.8 Å². The zero-order chi connectivity index (χ0) is 13.1. The maximum absolute atomic E-state index is 11.0. The molecule has 0 spiro atoms. The molecule has 7 nitrogen and oxygen atoms in total. The van der Waals surface area contributed by atoms with Crippen molar-refractivity contribution in [3.05, 3.63) is 29.8 Å². The van der Waals surface area contributed by atoms with E-state index in [2.05, 4.69) is 4.18 Å². The Morgan fingerprint density at radius 3 is 2.24 bits per heavy atom. The van der Waals surface area contributed by atoms with E-state index in [1.54, 1.807) is 0 Å². The Morgan fingerprint density at radius 1 is 1.29 bits per heavy atom. The van der Waals surface area contributed by atoms with Crippen LogP contribution in [0, 0.1) is 0 Å². The highest BCUT2D eigenvalue weighted by Gasteiger charge is 2.18. The third-order valence-electron chi connectivity index (χ3n) is 1.95. The van der Waals surface area contributed by atoms with E-state index >= 15 is 0 Å².